The van der Waals surface area contributed by atoms with Gasteiger partial charge in [0, 0.05) is 22.5 Å². The summed E-state index contributed by atoms with van der Waals surface area (Å²) in [6.07, 6.45) is 3.63. The van der Waals surface area contributed by atoms with Gasteiger partial charge in [-0.1, -0.05) is 41.9 Å². The van der Waals surface area contributed by atoms with Gasteiger partial charge in [-0.05, 0) is 50.3 Å². The van der Waals surface area contributed by atoms with Crippen LogP contribution in [0.25, 0.3) is 0 Å². The highest BCUT2D eigenvalue weighted by Gasteiger charge is 2.22. The molecule has 0 radical (unpaired) electrons. The highest BCUT2D eigenvalue weighted by Crippen LogP contribution is 2.26. The van der Waals surface area contributed by atoms with Crippen molar-refractivity contribution < 1.29 is 5.11 Å². The molecule has 0 bridgehead atoms. The Morgan fingerprint density at radius 2 is 2.00 bits per heavy atom. The van der Waals surface area contributed by atoms with Gasteiger partial charge < -0.3 is 15.7 Å². The third kappa shape index (κ3) is 5.78. The van der Waals surface area contributed by atoms with Crippen molar-refractivity contribution in [2.24, 2.45) is 4.99 Å². The molecule has 5 heteroatoms. The summed E-state index contributed by atoms with van der Waals surface area (Å²) in [6.45, 7) is 8.09. The van der Waals surface area contributed by atoms with Crippen molar-refractivity contribution in [2.45, 2.75) is 64.0 Å². The molecule has 0 saturated heterocycles. The molecule has 2 rings (SSSR count). The number of halogens is 1. The zero-order valence-electron chi connectivity index (χ0n) is 15.0. The highest BCUT2D eigenvalue weighted by molar-refractivity contribution is 9.10. The number of guanidine groups is 1. The summed E-state index contributed by atoms with van der Waals surface area (Å²) in [7, 11) is 0. The topological polar surface area (TPSA) is 56.7 Å². The average Bonchev–Trinajstić information content (AvgIpc) is 2.55. The molecule has 0 unspecified atom stereocenters. The minimum atomic E-state index is -0.127. The van der Waals surface area contributed by atoms with Crippen LogP contribution in [-0.2, 0) is 5.41 Å². The number of nitrogens with zero attached hydrogens (tertiary/aromatic N) is 1. The Morgan fingerprint density at radius 1 is 1.29 bits per heavy atom. The second-order valence-electron chi connectivity index (χ2n) is 7.24. The fraction of sp³-hybridized carbons (Fsp3) is 0.632. The first-order valence-corrected chi connectivity index (χ1v) is 9.69. The van der Waals surface area contributed by atoms with Gasteiger partial charge in [0.2, 0.25) is 0 Å². The lowest BCUT2D eigenvalue weighted by Gasteiger charge is -2.29. The van der Waals surface area contributed by atoms with E-state index in [1.54, 1.807) is 0 Å². The largest absolute Gasteiger partial charge is 0.393 e. The molecule has 1 aromatic carbocycles. The lowest BCUT2D eigenvalue weighted by atomic mass is 9.85. The van der Waals surface area contributed by atoms with Crippen molar-refractivity contribution in [3.05, 3.63) is 34.3 Å². The first-order chi connectivity index (χ1) is 11.4. The van der Waals surface area contributed by atoms with Gasteiger partial charge in [-0.3, -0.25) is 4.99 Å². The van der Waals surface area contributed by atoms with Crippen LogP contribution in [0.5, 0.6) is 0 Å². The van der Waals surface area contributed by atoms with Crippen LogP contribution < -0.4 is 10.6 Å². The molecule has 1 aliphatic rings. The van der Waals surface area contributed by atoms with Gasteiger partial charge in [-0.2, -0.15) is 0 Å². The van der Waals surface area contributed by atoms with E-state index in [0.29, 0.717) is 12.6 Å². The molecule has 134 valence electrons. The molecular formula is C19H30BrN3O. The molecule has 1 fully saturated rings. The molecule has 1 aliphatic carbocycles. The van der Waals surface area contributed by atoms with Crippen molar-refractivity contribution >= 4 is 21.9 Å². The van der Waals surface area contributed by atoms with Crippen LogP contribution in [0.3, 0.4) is 0 Å². The van der Waals surface area contributed by atoms with Gasteiger partial charge in [0.15, 0.2) is 5.96 Å². The van der Waals surface area contributed by atoms with E-state index >= 15 is 0 Å². The number of aliphatic imine (C=N–C) groups is 1. The molecule has 3 N–H and O–H groups in total. The van der Waals surface area contributed by atoms with E-state index in [2.05, 4.69) is 65.5 Å². The second kappa shape index (κ2) is 8.86. The lowest BCUT2D eigenvalue weighted by molar-refractivity contribution is 0.120. The monoisotopic (exact) mass is 395 g/mol. The number of rotatable bonds is 5. The molecule has 0 heterocycles. The number of aliphatic hydroxyl groups excluding tert-OH is 1. The number of hydrogen-bond donors (Lipinski definition) is 3. The van der Waals surface area contributed by atoms with E-state index in [9.17, 15) is 5.11 Å². The maximum atomic E-state index is 9.65. The Morgan fingerprint density at radius 3 is 2.62 bits per heavy atom. The Kier molecular flexibility index (Phi) is 7.11. The minimum Gasteiger partial charge on any atom is -0.393 e. The first kappa shape index (κ1) is 19.3. The smallest absolute Gasteiger partial charge is 0.191 e. The number of aliphatic hydroxyl groups is 1. The number of benzene rings is 1. The maximum Gasteiger partial charge on any atom is 0.191 e. The summed E-state index contributed by atoms with van der Waals surface area (Å²) in [4.78, 5) is 4.82. The van der Waals surface area contributed by atoms with Crippen LogP contribution in [0.2, 0.25) is 0 Å². The molecule has 1 aromatic rings. The standard InChI is InChI=1S/C19H30BrN3O/c1-4-21-18(23-16-8-10-17(24)11-9-16)22-13-19(2,3)14-6-5-7-15(20)12-14/h5-7,12,16-17,24H,4,8-11,13H2,1-3H3,(H2,21,22,23). The predicted octanol–water partition coefficient (Wildman–Crippen LogP) is 3.59. The van der Waals surface area contributed by atoms with Gasteiger partial charge >= 0.3 is 0 Å². The van der Waals surface area contributed by atoms with Crippen LogP contribution in [0.4, 0.5) is 0 Å². The molecule has 24 heavy (non-hydrogen) atoms. The fourth-order valence-corrected chi connectivity index (χ4v) is 3.41. The van der Waals surface area contributed by atoms with Crippen LogP contribution in [0.1, 0.15) is 52.0 Å². The summed E-state index contributed by atoms with van der Waals surface area (Å²) >= 11 is 3.55. The zero-order valence-corrected chi connectivity index (χ0v) is 16.6. The summed E-state index contributed by atoms with van der Waals surface area (Å²) in [6, 6.07) is 8.84. The molecule has 0 aromatic heterocycles. The fourth-order valence-electron chi connectivity index (χ4n) is 3.01. The molecule has 0 amide bonds. The van der Waals surface area contributed by atoms with Crippen molar-refractivity contribution in [1.82, 2.24) is 10.6 Å². The first-order valence-electron chi connectivity index (χ1n) is 8.89. The Bertz CT molecular complexity index is 551. The van der Waals surface area contributed by atoms with Gasteiger partial charge in [0.05, 0.1) is 12.6 Å². The normalized spacial score (nSPS) is 22.3. The van der Waals surface area contributed by atoms with E-state index < -0.39 is 0 Å². The summed E-state index contributed by atoms with van der Waals surface area (Å²) in [5.74, 6) is 0.877. The van der Waals surface area contributed by atoms with E-state index in [1.165, 1.54) is 5.56 Å². The molecule has 4 nitrogen and oxygen atoms in total. The number of nitrogens with one attached hydrogen (secondary N) is 2. The van der Waals surface area contributed by atoms with Crippen LogP contribution in [0, 0.1) is 0 Å². The molecule has 1 saturated carbocycles. The maximum absolute atomic E-state index is 9.65. The third-order valence-corrected chi connectivity index (χ3v) is 5.11. The summed E-state index contributed by atoms with van der Waals surface area (Å²) in [5.41, 5.74) is 1.24. The van der Waals surface area contributed by atoms with Crippen molar-refractivity contribution in [3.63, 3.8) is 0 Å². The van der Waals surface area contributed by atoms with Gasteiger partial charge in [-0.15, -0.1) is 0 Å². The Hall–Kier alpha value is -1.07. The Labute approximate surface area is 154 Å². The third-order valence-electron chi connectivity index (χ3n) is 4.62. The number of hydrogen-bond acceptors (Lipinski definition) is 2. The van der Waals surface area contributed by atoms with Crippen molar-refractivity contribution in [1.29, 1.82) is 0 Å². The van der Waals surface area contributed by atoms with Crippen molar-refractivity contribution in [3.8, 4) is 0 Å². The van der Waals surface area contributed by atoms with E-state index in [0.717, 1.165) is 42.7 Å². The lowest BCUT2D eigenvalue weighted by Crippen LogP contribution is -2.45. The SMILES string of the molecule is CCNC(=NCC(C)(C)c1cccc(Br)c1)NC1CCC(O)CC1. The highest BCUT2D eigenvalue weighted by atomic mass is 79.9. The van der Waals surface area contributed by atoms with Crippen LogP contribution in [-0.4, -0.2) is 36.3 Å². The minimum absolute atomic E-state index is 0.0328. The van der Waals surface area contributed by atoms with Gasteiger partial charge in [0.25, 0.3) is 0 Å². The van der Waals surface area contributed by atoms with Gasteiger partial charge in [-0.25, -0.2) is 0 Å². The van der Waals surface area contributed by atoms with Crippen molar-refractivity contribution in [2.75, 3.05) is 13.1 Å². The van der Waals surface area contributed by atoms with E-state index in [1.807, 2.05) is 6.07 Å². The van der Waals surface area contributed by atoms with Crippen LogP contribution >= 0.6 is 15.9 Å². The summed E-state index contributed by atoms with van der Waals surface area (Å²) < 4.78 is 1.10. The zero-order chi connectivity index (χ0) is 17.6. The summed E-state index contributed by atoms with van der Waals surface area (Å²) in [5, 5.41) is 16.5. The van der Waals surface area contributed by atoms with Crippen LogP contribution in [0.15, 0.2) is 33.7 Å². The quantitative estimate of drug-likeness (QED) is 0.527. The molecule has 0 spiro atoms. The molecule has 0 aliphatic heterocycles. The second-order valence-corrected chi connectivity index (χ2v) is 8.15. The van der Waals surface area contributed by atoms with E-state index in [4.69, 9.17) is 4.99 Å². The predicted molar refractivity (Wildman–Crippen MR) is 105 cm³/mol. The Balaban J connectivity index is 2.01. The average molecular weight is 396 g/mol. The van der Waals surface area contributed by atoms with E-state index in [-0.39, 0.29) is 11.5 Å². The van der Waals surface area contributed by atoms with Gasteiger partial charge in [0.1, 0.15) is 0 Å². The molecule has 0 atom stereocenters. The molecular weight excluding hydrogens is 366 g/mol.